The lowest BCUT2D eigenvalue weighted by Gasteiger charge is -1.93. The average molecular weight is 206 g/mol. The first kappa shape index (κ1) is 9.92. The minimum atomic E-state index is 0.371. The Morgan fingerprint density at radius 2 is 2.40 bits per heavy atom. The number of hydrogen-bond donors (Lipinski definition) is 1. The second kappa shape index (κ2) is 4.27. The number of aromatic nitrogens is 3. The molecule has 0 bridgehead atoms. The van der Waals surface area contributed by atoms with Crippen molar-refractivity contribution in [2.75, 3.05) is 0 Å². The van der Waals surface area contributed by atoms with Crippen molar-refractivity contribution in [1.29, 1.82) is 0 Å². The van der Waals surface area contributed by atoms with E-state index >= 15 is 0 Å². The second-order valence-corrected chi connectivity index (χ2v) is 3.37. The van der Waals surface area contributed by atoms with Crippen molar-refractivity contribution >= 4 is 0 Å². The van der Waals surface area contributed by atoms with E-state index in [4.69, 9.17) is 10.3 Å². The third kappa shape index (κ3) is 2.07. The summed E-state index contributed by atoms with van der Waals surface area (Å²) in [5.41, 5.74) is 7.19. The van der Waals surface area contributed by atoms with Gasteiger partial charge in [-0.25, -0.2) is 0 Å². The van der Waals surface area contributed by atoms with E-state index in [1.165, 1.54) is 0 Å². The predicted molar refractivity (Wildman–Crippen MR) is 55.9 cm³/mol. The highest BCUT2D eigenvalue weighted by Crippen LogP contribution is 2.17. The lowest BCUT2D eigenvalue weighted by Crippen LogP contribution is -1.95. The highest BCUT2D eigenvalue weighted by atomic mass is 16.5. The molecule has 0 unspecified atom stereocenters. The number of hydrogen-bond acceptors (Lipinski definition) is 4. The third-order valence-corrected chi connectivity index (χ3v) is 2.14. The molecule has 0 radical (unpaired) electrons. The highest BCUT2D eigenvalue weighted by Gasteiger charge is 2.07. The maximum atomic E-state index is 5.44. The fourth-order valence-electron chi connectivity index (χ4n) is 1.39. The van der Waals surface area contributed by atoms with Gasteiger partial charge in [0.2, 0.25) is 0 Å². The van der Waals surface area contributed by atoms with Gasteiger partial charge < -0.3 is 10.3 Å². The molecule has 0 aromatic carbocycles. The molecule has 0 amide bonds. The van der Waals surface area contributed by atoms with Crippen LogP contribution in [0.1, 0.15) is 19.1 Å². The van der Waals surface area contributed by atoms with E-state index in [2.05, 4.69) is 17.2 Å². The van der Waals surface area contributed by atoms with Crippen LogP contribution in [-0.2, 0) is 13.1 Å². The third-order valence-electron chi connectivity index (χ3n) is 2.14. The van der Waals surface area contributed by atoms with Gasteiger partial charge in [-0.2, -0.15) is 5.10 Å². The van der Waals surface area contributed by atoms with Crippen LogP contribution in [0.15, 0.2) is 23.0 Å². The van der Waals surface area contributed by atoms with Gasteiger partial charge in [-0.3, -0.25) is 4.68 Å². The molecule has 0 aliphatic rings. The standard InChI is InChI=1S/C10H14N4O/c1-2-3-14-7-8(6-12-14)10-4-9(5-11)15-13-10/h4,6-7H,2-3,5,11H2,1H3. The molecular weight excluding hydrogens is 192 g/mol. The van der Waals surface area contributed by atoms with Gasteiger partial charge in [-0.05, 0) is 6.42 Å². The van der Waals surface area contributed by atoms with Crippen LogP contribution in [0.4, 0.5) is 0 Å². The van der Waals surface area contributed by atoms with Crippen molar-refractivity contribution in [3.63, 3.8) is 0 Å². The first-order valence-electron chi connectivity index (χ1n) is 5.02. The molecule has 2 aromatic heterocycles. The lowest BCUT2D eigenvalue weighted by molar-refractivity contribution is 0.387. The van der Waals surface area contributed by atoms with Crippen molar-refractivity contribution in [3.8, 4) is 11.3 Å². The molecular formula is C10H14N4O. The van der Waals surface area contributed by atoms with Crippen molar-refractivity contribution in [2.45, 2.75) is 26.4 Å². The number of nitrogens with zero attached hydrogens (tertiary/aromatic N) is 3. The molecule has 5 nitrogen and oxygen atoms in total. The summed E-state index contributed by atoms with van der Waals surface area (Å²) in [6, 6.07) is 1.84. The van der Waals surface area contributed by atoms with Crippen molar-refractivity contribution < 1.29 is 4.52 Å². The van der Waals surface area contributed by atoms with Crippen LogP contribution < -0.4 is 5.73 Å². The highest BCUT2D eigenvalue weighted by molar-refractivity contribution is 5.56. The van der Waals surface area contributed by atoms with Gasteiger partial charge in [0.25, 0.3) is 0 Å². The molecule has 5 heteroatoms. The molecule has 0 atom stereocenters. The minimum Gasteiger partial charge on any atom is -0.359 e. The van der Waals surface area contributed by atoms with E-state index in [9.17, 15) is 0 Å². The van der Waals surface area contributed by atoms with E-state index in [-0.39, 0.29) is 0 Å². The summed E-state index contributed by atoms with van der Waals surface area (Å²) in [7, 11) is 0. The Kier molecular flexibility index (Phi) is 2.82. The van der Waals surface area contributed by atoms with Crippen LogP contribution >= 0.6 is 0 Å². The van der Waals surface area contributed by atoms with Gasteiger partial charge in [0.15, 0.2) is 5.76 Å². The zero-order chi connectivity index (χ0) is 10.7. The molecule has 0 aliphatic heterocycles. The van der Waals surface area contributed by atoms with Crippen LogP contribution in [-0.4, -0.2) is 14.9 Å². The maximum absolute atomic E-state index is 5.44. The van der Waals surface area contributed by atoms with Crippen molar-refractivity contribution in [3.05, 3.63) is 24.2 Å². The molecule has 0 fully saturated rings. The fourth-order valence-corrected chi connectivity index (χ4v) is 1.39. The van der Waals surface area contributed by atoms with E-state index in [1.807, 2.05) is 16.9 Å². The molecule has 0 saturated heterocycles. The van der Waals surface area contributed by atoms with Crippen LogP contribution in [0.3, 0.4) is 0 Å². The van der Waals surface area contributed by atoms with E-state index in [0.29, 0.717) is 12.3 Å². The van der Waals surface area contributed by atoms with Gasteiger partial charge in [0, 0.05) is 24.4 Å². The topological polar surface area (TPSA) is 69.9 Å². The molecule has 2 heterocycles. The minimum absolute atomic E-state index is 0.371. The Morgan fingerprint density at radius 1 is 1.53 bits per heavy atom. The Morgan fingerprint density at radius 3 is 3.07 bits per heavy atom. The van der Waals surface area contributed by atoms with Crippen molar-refractivity contribution in [1.82, 2.24) is 14.9 Å². The predicted octanol–water partition coefficient (Wildman–Crippen LogP) is 1.41. The Hall–Kier alpha value is -1.62. The fraction of sp³-hybridized carbons (Fsp3) is 0.400. The lowest BCUT2D eigenvalue weighted by atomic mass is 10.2. The molecule has 2 rings (SSSR count). The Balaban J connectivity index is 2.21. The Labute approximate surface area is 87.9 Å². The van der Waals surface area contributed by atoms with E-state index in [1.54, 1.807) is 6.20 Å². The van der Waals surface area contributed by atoms with Gasteiger partial charge in [0.05, 0.1) is 12.7 Å². The molecule has 0 saturated carbocycles. The zero-order valence-corrected chi connectivity index (χ0v) is 8.68. The van der Waals surface area contributed by atoms with Crippen LogP contribution in [0.5, 0.6) is 0 Å². The molecule has 2 aromatic rings. The summed E-state index contributed by atoms with van der Waals surface area (Å²) in [5.74, 6) is 0.688. The van der Waals surface area contributed by atoms with E-state index < -0.39 is 0 Å². The number of aryl methyl sites for hydroxylation is 1. The maximum Gasteiger partial charge on any atom is 0.150 e. The molecule has 80 valence electrons. The normalized spacial score (nSPS) is 10.8. The average Bonchev–Trinajstić information content (AvgIpc) is 2.85. The monoisotopic (exact) mass is 206 g/mol. The van der Waals surface area contributed by atoms with E-state index in [0.717, 1.165) is 24.2 Å². The summed E-state index contributed by atoms with van der Waals surface area (Å²) in [6.07, 6.45) is 4.81. The smallest absolute Gasteiger partial charge is 0.150 e. The second-order valence-electron chi connectivity index (χ2n) is 3.37. The largest absolute Gasteiger partial charge is 0.359 e. The molecule has 15 heavy (non-hydrogen) atoms. The quantitative estimate of drug-likeness (QED) is 0.821. The summed E-state index contributed by atoms with van der Waals surface area (Å²) in [6.45, 7) is 3.40. The first-order chi connectivity index (χ1) is 7.33. The number of nitrogens with two attached hydrogens (primary N) is 1. The Bertz CT molecular complexity index is 432. The molecule has 0 aliphatic carbocycles. The SMILES string of the molecule is CCCn1cc(-c2cc(CN)on2)cn1. The van der Waals surface area contributed by atoms with Gasteiger partial charge in [-0.1, -0.05) is 12.1 Å². The van der Waals surface area contributed by atoms with Gasteiger partial charge in [0.1, 0.15) is 5.69 Å². The van der Waals surface area contributed by atoms with Crippen molar-refractivity contribution in [2.24, 2.45) is 5.73 Å². The van der Waals surface area contributed by atoms with Gasteiger partial charge in [-0.15, -0.1) is 0 Å². The van der Waals surface area contributed by atoms with Crippen LogP contribution in [0.2, 0.25) is 0 Å². The summed E-state index contributed by atoms with van der Waals surface area (Å²) >= 11 is 0. The summed E-state index contributed by atoms with van der Waals surface area (Å²) in [5, 5.41) is 8.14. The molecule has 2 N–H and O–H groups in total. The molecule has 0 spiro atoms. The van der Waals surface area contributed by atoms with Gasteiger partial charge >= 0.3 is 0 Å². The number of rotatable bonds is 4. The summed E-state index contributed by atoms with van der Waals surface area (Å²) < 4.78 is 6.92. The van der Waals surface area contributed by atoms with Crippen LogP contribution in [0.25, 0.3) is 11.3 Å². The van der Waals surface area contributed by atoms with Crippen LogP contribution in [0, 0.1) is 0 Å². The first-order valence-corrected chi connectivity index (χ1v) is 5.02. The summed E-state index contributed by atoms with van der Waals surface area (Å²) in [4.78, 5) is 0. The zero-order valence-electron chi connectivity index (χ0n) is 8.68.